The van der Waals surface area contributed by atoms with E-state index in [4.69, 9.17) is 5.73 Å². The van der Waals surface area contributed by atoms with Gasteiger partial charge in [-0.05, 0) is 24.7 Å². The van der Waals surface area contributed by atoms with Crippen molar-refractivity contribution < 1.29 is 4.79 Å². The summed E-state index contributed by atoms with van der Waals surface area (Å²) >= 11 is 1.84. The van der Waals surface area contributed by atoms with Gasteiger partial charge in [0, 0.05) is 11.8 Å². The summed E-state index contributed by atoms with van der Waals surface area (Å²) in [5, 5.41) is 3.20. The predicted octanol–water partition coefficient (Wildman–Crippen LogP) is 2.47. The number of hydrogen-bond acceptors (Lipinski definition) is 3. The molecule has 0 aliphatic carbocycles. The van der Waals surface area contributed by atoms with Crippen LogP contribution in [0.2, 0.25) is 0 Å². The molecule has 0 bridgehead atoms. The molecule has 1 rings (SSSR count). The highest BCUT2D eigenvalue weighted by molar-refractivity contribution is 7.98. The van der Waals surface area contributed by atoms with E-state index in [1.165, 1.54) is 11.1 Å². The van der Waals surface area contributed by atoms with Crippen molar-refractivity contribution in [2.75, 3.05) is 5.75 Å². The molecule has 1 aromatic rings. The van der Waals surface area contributed by atoms with Gasteiger partial charge in [0.05, 0.1) is 6.04 Å². The first-order valence-corrected chi connectivity index (χ1v) is 7.83. The van der Waals surface area contributed by atoms with Crippen molar-refractivity contribution in [3.63, 3.8) is 0 Å². The second kappa shape index (κ2) is 8.23. The van der Waals surface area contributed by atoms with E-state index in [9.17, 15) is 4.79 Å². The van der Waals surface area contributed by atoms with Crippen molar-refractivity contribution in [1.29, 1.82) is 0 Å². The van der Waals surface area contributed by atoms with Gasteiger partial charge in [-0.2, -0.15) is 11.8 Å². The van der Waals surface area contributed by atoms with E-state index in [0.717, 1.165) is 17.9 Å². The summed E-state index contributed by atoms with van der Waals surface area (Å²) in [5.74, 6) is 1.65. The quantitative estimate of drug-likeness (QED) is 0.719. The Morgan fingerprint density at radius 1 is 1.42 bits per heavy atom. The third kappa shape index (κ3) is 6.64. The molecule has 3 N–H and O–H groups in total. The predicted molar refractivity (Wildman–Crippen MR) is 83.2 cm³/mol. The zero-order valence-corrected chi connectivity index (χ0v) is 12.8. The fourth-order valence-electron chi connectivity index (χ4n) is 1.90. The minimum atomic E-state index is -0.259. The summed E-state index contributed by atoms with van der Waals surface area (Å²) in [6, 6.07) is 8.58. The van der Waals surface area contributed by atoms with Gasteiger partial charge >= 0.3 is 0 Å². The highest BCUT2D eigenvalue weighted by Crippen LogP contribution is 2.15. The van der Waals surface area contributed by atoms with Crippen LogP contribution in [-0.4, -0.2) is 23.7 Å². The lowest BCUT2D eigenvalue weighted by atomic mass is 10.2. The second-order valence-corrected chi connectivity index (χ2v) is 6.21. The number of hydrogen-bond donors (Lipinski definition) is 2. The molecular weight excluding hydrogens is 256 g/mol. The molecule has 1 aromatic carbocycles. The largest absolute Gasteiger partial charge is 0.368 e. The van der Waals surface area contributed by atoms with Crippen molar-refractivity contribution >= 4 is 17.7 Å². The van der Waals surface area contributed by atoms with E-state index < -0.39 is 0 Å². The first kappa shape index (κ1) is 16.1. The van der Waals surface area contributed by atoms with Crippen LogP contribution >= 0.6 is 11.8 Å². The molecule has 0 spiro atoms. The Morgan fingerprint density at radius 2 is 2.16 bits per heavy atom. The van der Waals surface area contributed by atoms with Crippen molar-refractivity contribution in [2.45, 2.75) is 45.0 Å². The first-order valence-electron chi connectivity index (χ1n) is 6.67. The average molecular weight is 280 g/mol. The number of nitrogens with one attached hydrogen (secondary N) is 1. The Morgan fingerprint density at radius 3 is 2.74 bits per heavy atom. The van der Waals surface area contributed by atoms with E-state index in [2.05, 4.69) is 36.5 Å². The average Bonchev–Trinajstić information content (AvgIpc) is 2.32. The monoisotopic (exact) mass is 280 g/mol. The molecule has 1 amide bonds. The number of nitrogens with two attached hydrogens (primary N) is 1. The lowest BCUT2D eigenvalue weighted by Gasteiger charge is -2.17. The SMILES string of the molecule is Cc1cccc(CSCCC(NC(C)C)C(N)=O)c1. The van der Waals surface area contributed by atoms with Gasteiger partial charge in [-0.15, -0.1) is 0 Å². The lowest BCUT2D eigenvalue weighted by Crippen LogP contribution is -2.44. The fourth-order valence-corrected chi connectivity index (χ4v) is 2.87. The minimum Gasteiger partial charge on any atom is -0.368 e. The summed E-state index contributed by atoms with van der Waals surface area (Å²) in [4.78, 5) is 11.3. The van der Waals surface area contributed by atoms with Crippen LogP contribution in [-0.2, 0) is 10.5 Å². The van der Waals surface area contributed by atoms with Crippen LogP contribution in [0.1, 0.15) is 31.4 Å². The molecule has 0 fully saturated rings. The van der Waals surface area contributed by atoms with Gasteiger partial charge in [-0.1, -0.05) is 43.7 Å². The Labute approximate surface area is 120 Å². The molecule has 0 saturated heterocycles. The van der Waals surface area contributed by atoms with E-state index in [1.54, 1.807) is 0 Å². The first-order chi connectivity index (χ1) is 8.99. The summed E-state index contributed by atoms with van der Waals surface area (Å²) in [7, 11) is 0. The van der Waals surface area contributed by atoms with Crippen molar-refractivity contribution in [3.05, 3.63) is 35.4 Å². The van der Waals surface area contributed by atoms with Gasteiger partial charge in [0.2, 0.25) is 5.91 Å². The van der Waals surface area contributed by atoms with Gasteiger partial charge < -0.3 is 11.1 Å². The molecule has 0 heterocycles. The number of primary amides is 1. The molecule has 0 aromatic heterocycles. The highest BCUT2D eigenvalue weighted by Gasteiger charge is 2.15. The number of carbonyl (C=O) groups excluding carboxylic acids is 1. The molecule has 3 nitrogen and oxygen atoms in total. The van der Waals surface area contributed by atoms with Crippen LogP contribution in [0.5, 0.6) is 0 Å². The molecule has 1 atom stereocenters. The van der Waals surface area contributed by atoms with Crippen molar-refractivity contribution in [2.24, 2.45) is 5.73 Å². The molecule has 0 radical (unpaired) electrons. The molecule has 4 heteroatoms. The molecule has 0 saturated carbocycles. The number of amides is 1. The maximum absolute atomic E-state index is 11.3. The molecule has 0 aliphatic rings. The summed E-state index contributed by atoms with van der Waals surface area (Å²) in [5.41, 5.74) is 8.01. The molecule has 106 valence electrons. The number of aryl methyl sites for hydroxylation is 1. The van der Waals surface area contributed by atoms with Crippen LogP contribution in [0, 0.1) is 6.92 Å². The normalized spacial score (nSPS) is 12.6. The summed E-state index contributed by atoms with van der Waals surface area (Å²) < 4.78 is 0. The maximum atomic E-state index is 11.3. The van der Waals surface area contributed by atoms with Crippen molar-refractivity contribution in [3.8, 4) is 0 Å². The van der Waals surface area contributed by atoms with Gasteiger partial charge in [0.15, 0.2) is 0 Å². The topological polar surface area (TPSA) is 55.1 Å². The van der Waals surface area contributed by atoms with Crippen LogP contribution in [0.25, 0.3) is 0 Å². The Balaban J connectivity index is 2.30. The molecule has 19 heavy (non-hydrogen) atoms. The number of thioether (sulfide) groups is 1. The van der Waals surface area contributed by atoms with Gasteiger partial charge in [0.25, 0.3) is 0 Å². The van der Waals surface area contributed by atoms with E-state index in [0.29, 0.717) is 0 Å². The zero-order valence-electron chi connectivity index (χ0n) is 12.0. The van der Waals surface area contributed by atoms with Crippen LogP contribution in [0.15, 0.2) is 24.3 Å². The molecule has 1 unspecified atom stereocenters. The minimum absolute atomic E-state index is 0.218. The number of benzene rings is 1. The molecular formula is C15H24N2OS. The third-order valence-electron chi connectivity index (χ3n) is 2.78. The second-order valence-electron chi connectivity index (χ2n) is 5.11. The standard InChI is InChI=1S/C15H24N2OS/c1-11(2)17-14(15(16)18)7-8-19-10-13-6-4-5-12(3)9-13/h4-6,9,11,14,17H,7-8,10H2,1-3H3,(H2,16,18). The van der Waals surface area contributed by atoms with Crippen LogP contribution < -0.4 is 11.1 Å². The van der Waals surface area contributed by atoms with Gasteiger partial charge in [0.1, 0.15) is 0 Å². The Hall–Kier alpha value is -1.00. The fraction of sp³-hybridized carbons (Fsp3) is 0.533. The smallest absolute Gasteiger partial charge is 0.234 e. The summed E-state index contributed by atoms with van der Waals surface area (Å²) in [6.07, 6.45) is 0.782. The third-order valence-corrected chi connectivity index (χ3v) is 3.84. The van der Waals surface area contributed by atoms with Crippen LogP contribution in [0.4, 0.5) is 0 Å². The van der Waals surface area contributed by atoms with Crippen LogP contribution in [0.3, 0.4) is 0 Å². The molecule has 0 aliphatic heterocycles. The number of carbonyl (C=O) groups is 1. The summed E-state index contributed by atoms with van der Waals surface area (Å²) in [6.45, 7) is 6.15. The Bertz CT molecular complexity index is 407. The van der Waals surface area contributed by atoms with Gasteiger partial charge in [-0.25, -0.2) is 0 Å². The maximum Gasteiger partial charge on any atom is 0.234 e. The van der Waals surface area contributed by atoms with E-state index in [-0.39, 0.29) is 18.0 Å². The Kier molecular flexibility index (Phi) is 6.95. The van der Waals surface area contributed by atoms with Gasteiger partial charge in [-0.3, -0.25) is 4.79 Å². The lowest BCUT2D eigenvalue weighted by molar-refractivity contribution is -0.120. The van der Waals surface area contributed by atoms with E-state index in [1.807, 2.05) is 25.6 Å². The van der Waals surface area contributed by atoms with E-state index >= 15 is 0 Å². The number of rotatable bonds is 8. The zero-order chi connectivity index (χ0) is 14.3. The highest BCUT2D eigenvalue weighted by atomic mass is 32.2. The van der Waals surface area contributed by atoms with Crippen molar-refractivity contribution in [1.82, 2.24) is 5.32 Å².